The maximum absolute atomic E-state index is 12.8. The predicted octanol–water partition coefficient (Wildman–Crippen LogP) is 2.78. The first kappa shape index (κ1) is 14.1. The van der Waals surface area contributed by atoms with Crippen molar-refractivity contribution in [3.63, 3.8) is 0 Å². The van der Waals surface area contributed by atoms with E-state index in [0.29, 0.717) is 6.54 Å². The summed E-state index contributed by atoms with van der Waals surface area (Å²) < 4.78 is 12.8. The molecule has 0 aliphatic carbocycles. The molecular formula is C14H23FN2. The monoisotopic (exact) mass is 238 g/mol. The Hall–Kier alpha value is -0.930. The number of nitrogens with two attached hydrogens (primary N) is 1. The molecule has 0 fully saturated rings. The Morgan fingerprint density at radius 3 is 2.29 bits per heavy atom. The lowest BCUT2D eigenvalue weighted by Gasteiger charge is -2.37. The van der Waals surface area contributed by atoms with E-state index in [2.05, 4.69) is 25.7 Å². The van der Waals surface area contributed by atoms with E-state index in [0.717, 1.165) is 25.1 Å². The molecule has 0 aliphatic heterocycles. The van der Waals surface area contributed by atoms with Crippen molar-refractivity contribution < 1.29 is 4.39 Å². The van der Waals surface area contributed by atoms with Crippen molar-refractivity contribution in [1.29, 1.82) is 0 Å². The van der Waals surface area contributed by atoms with Gasteiger partial charge in [0.2, 0.25) is 0 Å². The molecule has 0 spiro atoms. The van der Waals surface area contributed by atoms with Crippen molar-refractivity contribution in [3.8, 4) is 0 Å². The zero-order valence-electron chi connectivity index (χ0n) is 11.0. The molecule has 0 bridgehead atoms. The highest BCUT2D eigenvalue weighted by Crippen LogP contribution is 2.17. The van der Waals surface area contributed by atoms with Crippen molar-refractivity contribution in [2.75, 3.05) is 13.1 Å². The van der Waals surface area contributed by atoms with Crippen LogP contribution in [-0.2, 0) is 6.54 Å². The fourth-order valence-electron chi connectivity index (χ4n) is 1.80. The lowest BCUT2D eigenvalue weighted by molar-refractivity contribution is 0.118. The summed E-state index contributed by atoms with van der Waals surface area (Å²) in [7, 11) is 0. The average molecular weight is 238 g/mol. The summed E-state index contributed by atoms with van der Waals surface area (Å²) in [5, 5.41) is 0. The predicted molar refractivity (Wildman–Crippen MR) is 70.2 cm³/mol. The Balaban J connectivity index is 2.76. The van der Waals surface area contributed by atoms with Crippen molar-refractivity contribution in [1.82, 2.24) is 4.90 Å². The van der Waals surface area contributed by atoms with Crippen LogP contribution in [0.2, 0.25) is 0 Å². The lowest BCUT2D eigenvalue weighted by atomic mass is 10.0. The van der Waals surface area contributed by atoms with E-state index < -0.39 is 0 Å². The topological polar surface area (TPSA) is 29.3 Å². The molecular weight excluding hydrogens is 215 g/mol. The van der Waals surface area contributed by atoms with Crippen LogP contribution in [0.5, 0.6) is 0 Å². The van der Waals surface area contributed by atoms with Crippen molar-refractivity contribution in [2.24, 2.45) is 5.73 Å². The summed E-state index contributed by atoms with van der Waals surface area (Å²) in [4.78, 5) is 2.35. The zero-order valence-corrected chi connectivity index (χ0v) is 11.0. The Morgan fingerprint density at radius 2 is 1.82 bits per heavy atom. The van der Waals surface area contributed by atoms with Crippen LogP contribution in [0.3, 0.4) is 0 Å². The first-order chi connectivity index (χ1) is 7.99. The molecule has 1 aromatic rings. The highest BCUT2D eigenvalue weighted by Gasteiger charge is 2.24. The molecule has 0 aromatic heterocycles. The van der Waals surface area contributed by atoms with Gasteiger partial charge in [-0.3, -0.25) is 4.90 Å². The second kappa shape index (κ2) is 6.12. The molecule has 0 saturated heterocycles. The van der Waals surface area contributed by atoms with Gasteiger partial charge in [0.05, 0.1) is 0 Å². The van der Waals surface area contributed by atoms with Crippen LogP contribution < -0.4 is 5.73 Å². The van der Waals surface area contributed by atoms with Crippen LogP contribution in [0.15, 0.2) is 24.3 Å². The molecule has 17 heavy (non-hydrogen) atoms. The van der Waals surface area contributed by atoms with E-state index in [9.17, 15) is 4.39 Å². The van der Waals surface area contributed by atoms with Crippen LogP contribution in [-0.4, -0.2) is 23.5 Å². The SMILES string of the molecule is CCCN(Cc1ccc(F)cc1)C(C)(C)CN. The minimum atomic E-state index is -0.186. The molecule has 1 rings (SSSR count). The molecule has 0 unspecified atom stereocenters. The molecule has 2 nitrogen and oxygen atoms in total. The van der Waals surface area contributed by atoms with Crippen molar-refractivity contribution in [2.45, 2.75) is 39.3 Å². The highest BCUT2D eigenvalue weighted by molar-refractivity contribution is 5.16. The van der Waals surface area contributed by atoms with Gasteiger partial charge in [-0.1, -0.05) is 19.1 Å². The van der Waals surface area contributed by atoms with Gasteiger partial charge in [0.1, 0.15) is 5.82 Å². The van der Waals surface area contributed by atoms with E-state index >= 15 is 0 Å². The second-order valence-electron chi connectivity index (χ2n) is 5.06. The molecule has 2 N–H and O–H groups in total. The standard InChI is InChI=1S/C14H23FN2/c1-4-9-17(14(2,3)11-16)10-12-5-7-13(15)8-6-12/h5-8H,4,9-11,16H2,1-3H3. The maximum Gasteiger partial charge on any atom is 0.123 e. The number of halogens is 1. The molecule has 3 heteroatoms. The first-order valence-electron chi connectivity index (χ1n) is 6.19. The van der Waals surface area contributed by atoms with Crippen LogP contribution in [0.25, 0.3) is 0 Å². The number of hydrogen-bond acceptors (Lipinski definition) is 2. The fraction of sp³-hybridized carbons (Fsp3) is 0.571. The Kier molecular flexibility index (Phi) is 5.09. The molecule has 0 radical (unpaired) electrons. The summed E-state index contributed by atoms with van der Waals surface area (Å²) >= 11 is 0. The third kappa shape index (κ3) is 4.10. The Labute approximate surface area is 104 Å². The van der Waals surface area contributed by atoms with Crippen LogP contribution >= 0.6 is 0 Å². The summed E-state index contributed by atoms with van der Waals surface area (Å²) in [6.45, 7) is 8.89. The largest absolute Gasteiger partial charge is 0.329 e. The van der Waals surface area contributed by atoms with Crippen LogP contribution in [0, 0.1) is 5.82 Å². The molecule has 0 atom stereocenters. The van der Waals surface area contributed by atoms with Gasteiger partial charge in [-0.2, -0.15) is 0 Å². The van der Waals surface area contributed by atoms with Gasteiger partial charge in [-0.15, -0.1) is 0 Å². The van der Waals surface area contributed by atoms with Crippen molar-refractivity contribution >= 4 is 0 Å². The van der Waals surface area contributed by atoms with E-state index in [4.69, 9.17) is 5.73 Å². The van der Waals surface area contributed by atoms with E-state index in [-0.39, 0.29) is 11.4 Å². The van der Waals surface area contributed by atoms with E-state index in [1.807, 2.05) is 12.1 Å². The first-order valence-corrected chi connectivity index (χ1v) is 6.19. The molecule has 1 aromatic carbocycles. The third-order valence-corrected chi connectivity index (χ3v) is 3.14. The third-order valence-electron chi connectivity index (χ3n) is 3.14. The smallest absolute Gasteiger partial charge is 0.123 e. The maximum atomic E-state index is 12.8. The zero-order chi connectivity index (χ0) is 12.9. The fourth-order valence-corrected chi connectivity index (χ4v) is 1.80. The summed E-state index contributed by atoms with van der Waals surface area (Å²) in [6.07, 6.45) is 1.09. The van der Waals surface area contributed by atoms with Crippen LogP contribution in [0.4, 0.5) is 4.39 Å². The Bertz CT molecular complexity index is 333. The highest BCUT2D eigenvalue weighted by atomic mass is 19.1. The van der Waals surface area contributed by atoms with E-state index in [1.165, 1.54) is 12.1 Å². The Morgan fingerprint density at radius 1 is 1.24 bits per heavy atom. The normalized spacial score (nSPS) is 12.1. The molecule has 0 saturated carbocycles. The summed E-state index contributed by atoms with van der Waals surface area (Å²) in [6, 6.07) is 6.69. The summed E-state index contributed by atoms with van der Waals surface area (Å²) in [5.74, 6) is -0.186. The van der Waals surface area contributed by atoms with Gasteiger partial charge in [0.15, 0.2) is 0 Å². The molecule has 96 valence electrons. The van der Waals surface area contributed by atoms with Gasteiger partial charge >= 0.3 is 0 Å². The minimum absolute atomic E-state index is 0.0234. The van der Waals surface area contributed by atoms with Gasteiger partial charge in [-0.25, -0.2) is 4.39 Å². The summed E-state index contributed by atoms with van der Waals surface area (Å²) in [5.41, 5.74) is 6.92. The number of hydrogen-bond donors (Lipinski definition) is 1. The second-order valence-corrected chi connectivity index (χ2v) is 5.06. The quantitative estimate of drug-likeness (QED) is 0.825. The van der Waals surface area contributed by atoms with Gasteiger partial charge in [0.25, 0.3) is 0 Å². The number of rotatable bonds is 6. The average Bonchev–Trinajstić information content (AvgIpc) is 2.31. The van der Waals surface area contributed by atoms with Gasteiger partial charge in [0, 0.05) is 18.6 Å². The number of nitrogens with zero attached hydrogens (tertiary/aromatic N) is 1. The molecule has 0 aliphatic rings. The molecule has 0 heterocycles. The number of benzene rings is 1. The minimum Gasteiger partial charge on any atom is -0.329 e. The van der Waals surface area contributed by atoms with Crippen molar-refractivity contribution in [3.05, 3.63) is 35.6 Å². The van der Waals surface area contributed by atoms with Gasteiger partial charge < -0.3 is 5.73 Å². The molecule has 0 amide bonds. The van der Waals surface area contributed by atoms with E-state index in [1.54, 1.807) is 0 Å². The lowest BCUT2D eigenvalue weighted by Crippen LogP contribution is -2.49. The van der Waals surface area contributed by atoms with Gasteiger partial charge in [-0.05, 0) is 44.5 Å². The van der Waals surface area contributed by atoms with Crippen LogP contribution in [0.1, 0.15) is 32.8 Å².